The van der Waals surface area contributed by atoms with Crippen LogP contribution in [0.15, 0.2) is 21.8 Å². The summed E-state index contributed by atoms with van der Waals surface area (Å²) in [6, 6.07) is 0. The molecular formula is C10H17I. The van der Waals surface area contributed by atoms with E-state index in [-0.39, 0.29) is 0 Å². The molecule has 0 saturated heterocycles. The van der Waals surface area contributed by atoms with Crippen LogP contribution in [0, 0.1) is 0 Å². The van der Waals surface area contributed by atoms with Crippen LogP contribution in [0.25, 0.3) is 0 Å². The molecule has 0 atom stereocenters. The molecule has 0 aromatic rings. The molecular weight excluding hydrogens is 247 g/mol. The van der Waals surface area contributed by atoms with Crippen LogP contribution in [0.3, 0.4) is 0 Å². The maximum atomic E-state index is 3.82. The average molecular weight is 264 g/mol. The predicted molar refractivity (Wildman–Crippen MR) is 61.1 cm³/mol. The number of halogens is 1. The Kier molecular flexibility index (Phi) is 7.02. The smallest absolute Gasteiger partial charge is 0.00624 e. The van der Waals surface area contributed by atoms with Crippen LogP contribution >= 0.6 is 22.6 Å². The lowest BCUT2D eigenvalue weighted by Gasteiger charge is -2.03. The zero-order chi connectivity index (χ0) is 8.69. The molecule has 0 bridgehead atoms. The molecule has 0 N–H and O–H groups in total. The SMILES string of the molecule is C=C/C(CCC)=C(\I)CCC. The van der Waals surface area contributed by atoms with Gasteiger partial charge in [-0.15, -0.1) is 0 Å². The van der Waals surface area contributed by atoms with Gasteiger partial charge in [0.05, 0.1) is 0 Å². The van der Waals surface area contributed by atoms with Gasteiger partial charge in [-0.2, -0.15) is 0 Å². The zero-order valence-electron chi connectivity index (χ0n) is 7.49. The van der Waals surface area contributed by atoms with E-state index < -0.39 is 0 Å². The van der Waals surface area contributed by atoms with Crippen molar-refractivity contribution < 1.29 is 0 Å². The number of hydrogen-bond donors (Lipinski definition) is 0. The third-order valence-electron chi connectivity index (χ3n) is 1.58. The number of hydrogen-bond acceptors (Lipinski definition) is 0. The van der Waals surface area contributed by atoms with Gasteiger partial charge in [-0.3, -0.25) is 0 Å². The van der Waals surface area contributed by atoms with E-state index in [0.29, 0.717) is 0 Å². The first-order valence-electron chi connectivity index (χ1n) is 4.26. The molecule has 0 aromatic heterocycles. The Morgan fingerprint density at radius 1 is 1.27 bits per heavy atom. The van der Waals surface area contributed by atoms with Crippen LogP contribution in [0.2, 0.25) is 0 Å². The van der Waals surface area contributed by atoms with E-state index in [1.807, 2.05) is 6.08 Å². The standard InChI is InChI=1S/C10H17I/c1-4-7-9(6-3)10(11)8-5-2/h6H,3-5,7-8H2,1-2H3/b10-9+. The summed E-state index contributed by atoms with van der Waals surface area (Å²) in [7, 11) is 0. The Bertz CT molecular complexity index is 145. The maximum Gasteiger partial charge on any atom is -0.00624 e. The van der Waals surface area contributed by atoms with E-state index in [9.17, 15) is 0 Å². The highest BCUT2D eigenvalue weighted by Gasteiger charge is 1.97. The first-order valence-corrected chi connectivity index (χ1v) is 5.34. The van der Waals surface area contributed by atoms with Crippen LogP contribution in [0.4, 0.5) is 0 Å². The zero-order valence-corrected chi connectivity index (χ0v) is 9.65. The van der Waals surface area contributed by atoms with Gasteiger partial charge in [-0.25, -0.2) is 0 Å². The Hall–Kier alpha value is 0.210. The topological polar surface area (TPSA) is 0 Å². The Morgan fingerprint density at radius 3 is 2.18 bits per heavy atom. The van der Waals surface area contributed by atoms with Gasteiger partial charge in [0.2, 0.25) is 0 Å². The predicted octanol–water partition coefficient (Wildman–Crippen LogP) is 4.46. The van der Waals surface area contributed by atoms with E-state index in [0.717, 1.165) is 0 Å². The molecule has 0 radical (unpaired) electrons. The molecule has 0 aliphatic carbocycles. The highest BCUT2D eigenvalue weighted by Crippen LogP contribution is 2.22. The first-order chi connectivity index (χ1) is 5.26. The van der Waals surface area contributed by atoms with E-state index in [1.165, 1.54) is 34.8 Å². The Labute approximate surface area is 83.9 Å². The highest BCUT2D eigenvalue weighted by molar-refractivity contribution is 14.1. The van der Waals surface area contributed by atoms with Crippen molar-refractivity contribution in [2.45, 2.75) is 39.5 Å². The molecule has 0 saturated carbocycles. The van der Waals surface area contributed by atoms with Crippen molar-refractivity contribution in [2.24, 2.45) is 0 Å². The fourth-order valence-corrected chi connectivity index (χ4v) is 2.03. The van der Waals surface area contributed by atoms with Gasteiger partial charge < -0.3 is 0 Å². The second-order valence-corrected chi connectivity index (χ2v) is 3.94. The molecule has 0 aromatic carbocycles. The lowest BCUT2D eigenvalue weighted by Crippen LogP contribution is -1.82. The molecule has 0 unspecified atom stereocenters. The van der Waals surface area contributed by atoms with Crippen LogP contribution in [0.1, 0.15) is 39.5 Å². The van der Waals surface area contributed by atoms with E-state index >= 15 is 0 Å². The van der Waals surface area contributed by atoms with Crippen molar-refractivity contribution in [2.75, 3.05) is 0 Å². The van der Waals surface area contributed by atoms with Crippen molar-refractivity contribution in [3.8, 4) is 0 Å². The molecule has 0 aliphatic heterocycles. The summed E-state index contributed by atoms with van der Waals surface area (Å²) in [4.78, 5) is 0. The van der Waals surface area contributed by atoms with Crippen molar-refractivity contribution in [3.63, 3.8) is 0 Å². The summed E-state index contributed by atoms with van der Waals surface area (Å²) in [6.45, 7) is 8.24. The van der Waals surface area contributed by atoms with Gasteiger partial charge in [-0.05, 0) is 44.6 Å². The van der Waals surface area contributed by atoms with Gasteiger partial charge in [0.15, 0.2) is 0 Å². The van der Waals surface area contributed by atoms with E-state index in [4.69, 9.17) is 0 Å². The summed E-state index contributed by atoms with van der Waals surface area (Å²) in [5.41, 5.74) is 1.44. The highest BCUT2D eigenvalue weighted by atomic mass is 127. The molecule has 64 valence electrons. The largest absolute Gasteiger partial charge is 0.0988 e. The van der Waals surface area contributed by atoms with Crippen molar-refractivity contribution in [1.82, 2.24) is 0 Å². The van der Waals surface area contributed by atoms with E-state index in [2.05, 4.69) is 43.0 Å². The lowest BCUT2D eigenvalue weighted by atomic mass is 10.1. The quantitative estimate of drug-likeness (QED) is 0.508. The molecule has 0 nitrogen and oxygen atoms in total. The van der Waals surface area contributed by atoms with Gasteiger partial charge in [0.1, 0.15) is 0 Å². The van der Waals surface area contributed by atoms with Gasteiger partial charge >= 0.3 is 0 Å². The second kappa shape index (κ2) is 6.89. The minimum absolute atomic E-state index is 1.18. The Balaban J connectivity index is 4.14. The summed E-state index contributed by atoms with van der Waals surface area (Å²) in [6.07, 6.45) is 6.85. The molecule has 1 heteroatoms. The van der Waals surface area contributed by atoms with Crippen molar-refractivity contribution in [1.29, 1.82) is 0 Å². The monoisotopic (exact) mass is 264 g/mol. The third-order valence-corrected chi connectivity index (χ3v) is 2.82. The normalized spacial score (nSPS) is 12.6. The molecule has 0 amide bonds. The first kappa shape index (κ1) is 11.2. The number of allylic oxidation sites excluding steroid dienone is 3. The minimum Gasteiger partial charge on any atom is -0.0988 e. The molecule has 11 heavy (non-hydrogen) atoms. The number of rotatable bonds is 5. The fraction of sp³-hybridized carbons (Fsp3) is 0.600. The second-order valence-electron chi connectivity index (χ2n) is 2.63. The minimum atomic E-state index is 1.18. The average Bonchev–Trinajstić information content (AvgIpc) is 2.00. The summed E-state index contributed by atoms with van der Waals surface area (Å²) >= 11 is 2.44. The van der Waals surface area contributed by atoms with Crippen molar-refractivity contribution in [3.05, 3.63) is 21.8 Å². The summed E-state index contributed by atoms with van der Waals surface area (Å²) < 4.78 is 1.49. The lowest BCUT2D eigenvalue weighted by molar-refractivity contribution is 0.891. The van der Waals surface area contributed by atoms with E-state index in [1.54, 1.807) is 0 Å². The maximum absolute atomic E-state index is 3.82. The summed E-state index contributed by atoms with van der Waals surface area (Å²) in [5.74, 6) is 0. The van der Waals surface area contributed by atoms with Gasteiger partial charge in [0, 0.05) is 0 Å². The van der Waals surface area contributed by atoms with Crippen LogP contribution in [-0.4, -0.2) is 0 Å². The van der Waals surface area contributed by atoms with Crippen LogP contribution < -0.4 is 0 Å². The van der Waals surface area contributed by atoms with Crippen LogP contribution in [0.5, 0.6) is 0 Å². The van der Waals surface area contributed by atoms with Crippen LogP contribution in [-0.2, 0) is 0 Å². The third kappa shape index (κ3) is 4.62. The fourth-order valence-electron chi connectivity index (χ4n) is 0.998. The van der Waals surface area contributed by atoms with Gasteiger partial charge in [-0.1, -0.05) is 39.3 Å². The Morgan fingerprint density at radius 2 is 1.82 bits per heavy atom. The molecule has 0 rings (SSSR count). The summed E-state index contributed by atoms with van der Waals surface area (Å²) in [5, 5.41) is 0. The molecule has 0 aliphatic rings. The van der Waals surface area contributed by atoms with Gasteiger partial charge in [0.25, 0.3) is 0 Å². The molecule has 0 heterocycles. The molecule has 0 fully saturated rings. The van der Waals surface area contributed by atoms with Crippen molar-refractivity contribution >= 4 is 22.6 Å². The molecule has 0 spiro atoms.